The maximum Gasteiger partial charge on any atom is 0.0534 e. The van der Waals surface area contributed by atoms with Gasteiger partial charge in [-0.2, -0.15) is 5.10 Å². The van der Waals surface area contributed by atoms with Crippen LogP contribution in [0.2, 0.25) is 0 Å². The Morgan fingerprint density at radius 2 is 1.90 bits per heavy atom. The van der Waals surface area contributed by atoms with Gasteiger partial charge in [0.2, 0.25) is 0 Å². The van der Waals surface area contributed by atoms with Crippen LogP contribution in [0.25, 0.3) is 0 Å². The molecule has 2 aromatic rings. The molecule has 4 nitrogen and oxygen atoms in total. The minimum absolute atomic E-state index is 0.0972. The molecule has 0 spiro atoms. The zero-order valence-electron chi connectivity index (χ0n) is 13.5. The van der Waals surface area contributed by atoms with E-state index in [1.807, 2.05) is 17.9 Å². The molecular weight excluding hydrogens is 260 g/mol. The standard InChI is InChI=1S/C17H26N4/c1-13-7-14(2)9-16(8-13)17(18)5-6-20(3)11-15-10-19-21(4)12-15/h7-10,12,17H,5-6,11,18H2,1-4H3. The van der Waals surface area contributed by atoms with E-state index in [-0.39, 0.29) is 6.04 Å². The molecule has 1 aromatic heterocycles. The second kappa shape index (κ2) is 6.87. The molecule has 4 heteroatoms. The van der Waals surface area contributed by atoms with E-state index in [4.69, 9.17) is 5.73 Å². The fourth-order valence-corrected chi connectivity index (χ4v) is 2.69. The van der Waals surface area contributed by atoms with Gasteiger partial charge in [0.05, 0.1) is 6.20 Å². The second-order valence-electron chi connectivity index (χ2n) is 6.08. The van der Waals surface area contributed by atoms with Crippen molar-refractivity contribution in [3.8, 4) is 0 Å². The number of rotatable bonds is 6. The van der Waals surface area contributed by atoms with Gasteiger partial charge in [0.25, 0.3) is 0 Å². The number of hydrogen-bond acceptors (Lipinski definition) is 3. The highest BCUT2D eigenvalue weighted by Crippen LogP contribution is 2.18. The van der Waals surface area contributed by atoms with Crippen molar-refractivity contribution in [2.45, 2.75) is 32.9 Å². The van der Waals surface area contributed by atoms with Crippen molar-refractivity contribution in [1.29, 1.82) is 0 Å². The van der Waals surface area contributed by atoms with Gasteiger partial charge in [0.1, 0.15) is 0 Å². The van der Waals surface area contributed by atoms with Gasteiger partial charge in [0.15, 0.2) is 0 Å². The Balaban J connectivity index is 1.86. The van der Waals surface area contributed by atoms with Crippen LogP contribution in [0.3, 0.4) is 0 Å². The molecule has 0 saturated heterocycles. The summed E-state index contributed by atoms with van der Waals surface area (Å²) in [6.07, 6.45) is 4.93. The first-order valence-electron chi connectivity index (χ1n) is 7.44. The van der Waals surface area contributed by atoms with Gasteiger partial charge in [-0.15, -0.1) is 0 Å². The summed E-state index contributed by atoms with van der Waals surface area (Å²) in [5.74, 6) is 0. The summed E-state index contributed by atoms with van der Waals surface area (Å²) in [7, 11) is 4.07. The largest absolute Gasteiger partial charge is 0.324 e. The number of nitrogens with zero attached hydrogens (tertiary/aromatic N) is 3. The SMILES string of the molecule is Cc1cc(C)cc(C(N)CCN(C)Cc2cnn(C)c2)c1. The topological polar surface area (TPSA) is 47.1 Å². The zero-order valence-corrected chi connectivity index (χ0v) is 13.5. The van der Waals surface area contributed by atoms with Gasteiger partial charge in [-0.05, 0) is 39.4 Å². The van der Waals surface area contributed by atoms with Crippen molar-refractivity contribution in [2.24, 2.45) is 12.8 Å². The fourth-order valence-electron chi connectivity index (χ4n) is 2.69. The average molecular weight is 286 g/mol. The van der Waals surface area contributed by atoms with Crippen molar-refractivity contribution in [2.75, 3.05) is 13.6 Å². The molecule has 1 atom stereocenters. The average Bonchev–Trinajstić information content (AvgIpc) is 2.80. The highest BCUT2D eigenvalue weighted by atomic mass is 15.2. The Labute approximate surface area is 127 Å². The fraction of sp³-hybridized carbons (Fsp3) is 0.471. The molecule has 1 aromatic carbocycles. The van der Waals surface area contributed by atoms with Gasteiger partial charge >= 0.3 is 0 Å². The van der Waals surface area contributed by atoms with Crippen LogP contribution < -0.4 is 5.73 Å². The molecule has 2 N–H and O–H groups in total. The van der Waals surface area contributed by atoms with E-state index in [9.17, 15) is 0 Å². The monoisotopic (exact) mass is 286 g/mol. The lowest BCUT2D eigenvalue weighted by atomic mass is 10.00. The Bertz CT molecular complexity index is 568. The summed E-state index contributed by atoms with van der Waals surface area (Å²) in [5.41, 5.74) is 11.4. The summed E-state index contributed by atoms with van der Waals surface area (Å²) in [6.45, 7) is 6.13. The third kappa shape index (κ3) is 4.69. The lowest BCUT2D eigenvalue weighted by Crippen LogP contribution is -2.23. The summed E-state index contributed by atoms with van der Waals surface area (Å²) in [5, 5.41) is 4.20. The predicted molar refractivity (Wildman–Crippen MR) is 87.0 cm³/mol. The van der Waals surface area contributed by atoms with E-state index >= 15 is 0 Å². The third-order valence-corrected chi connectivity index (χ3v) is 3.70. The maximum absolute atomic E-state index is 6.34. The summed E-state index contributed by atoms with van der Waals surface area (Å²) in [4.78, 5) is 2.29. The van der Waals surface area contributed by atoms with Crippen molar-refractivity contribution in [3.05, 3.63) is 52.8 Å². The van der Waals surface area contributed by atoms with E-state index in [0.29, 0.717) is 0 Å². The van der Waals surface area contributed by atoms with Crippen molar-refractivity contribution in [3.63, 3.8) is 0 Å². The van der Waals surface area contributed by atoms with Crippen LogP contribution >= 0.6 is 0 Å². The first-order valence-corrected chi connectivity index (χ1v) is 7.44. The Morgan fingerprint density at radius 3 is 2.48 bits per heavy atom. The molecule has 0 fully saturated rings. The molecule has 1 unspecified atom stereocenters. The minimum Gasteiger partial charge on any atom is -0.324 e. The van der Waals surface area contributed by atoms with E-state index in [0.717, 1.165) is 19.5 Å². The van der Waals surface area contributed by atoms with Crippen molar-refractivity contribution in [1.82, 2.24) is 14.7 Å². The molecule has 0 radical (unpaired) electrons. The van der Waals surface area contributed by atoms with Crippen LogP contribution in [-0.2, 0) is 13.6 Å². The summed E-state index contributed by atoms with van der Waals surface area (Å²) >= 11 is 0. The van der Waals surface area contributed by atoms with E-state index < -0.39 is 0 Å². The third-order valence-electron chi connectivity index (χ3n) is 3.70. The lowest BCUT2D eigenvalue weighted by Gasteiger charge is -2.19. The Morgan fingerprint density at radius 1 is 1.24 bits per heavy atom. The number of aryl methyl sites for hydroxylation is 3. The molecule has 0 aliphatic heterocycles. The van der Waals surface area contributed by atoms with Gasteiger partial charge in [-0.3, -0.25) is 4.68 Å². The Hall–Kier alpha value is -1.65. The molecular formula is C17H26N4. The van der Waals surface area contributed by atoms with Crippen LogP contribution in [0.15, 0.2) is 30.6 Å². The van der Waals surface area contributed by atoms with Crippen molar-refractivity contribution < 1.29 is 0 Å². The quantitative estimate of drug-likeness (QED) is 0.888. The van der Waals surface area contributed by atoms with E-state index in [1.54, 1.807) is 0 Å². The molecule has 0 saturated carbocycles. The molecule has 21 heavy (non-hydrogen) atoms. The predicted octanol–water partition coefficient (Wildman–Crippen LogP) is 2.56. The van der Waals surface area contributed by atoms with Gasteiger partial charge in [-0.1, -0.05) is 29.3 Å². The molecule has 1 heterocycles. The van der Waals surface area contributed by atoms with Gasteiger partial charge < -0.3 is 10.6 Å². The zero-order chi connectivity index (χ0) is 15.4. The van der Waals surface area contributed by atoms with Crippen LogP contribution in [-0.4, -0.2) is 28.3 Å². The van der Waals surface area contributed by atoms with E-state index in [2.05, 4.69) is 55.3 Å². The number of aromatic nitrogens is 2. The maximum atomic E-state index is 6.34. The highest BCUT2D eigenvalue weighted by Gasteiger charge is 2.09. The number of nitrogens with two attached hydrogens (primary N) is 1. The van der Waals surface area contributed by atoms with Crippen LogP contribution in [0.4, 0.5) is 0 Å². The smallest absolute Gasteiger partial charge is 0.0534 e. The number of benzene rings is 1. The van der Waals surface area contributed by atoms with Crippen molar-refractivity contribution >= 4 is 0 Å². The normalized spacial score (nSPS) is 12.9. The summed E-state index contributed by atoms with van der Waals surface area (Å²) in [6, 6.07) is 6.67. The Kier molecular flexibility index (Phi) is 5.15. The summed E-state index contributed by atoms with van der Waals surface area (Å²) < 4.78 is 1.84. The van der Waals surface area contributed by atoms with Crippen LogP contribution in [0.5, 0.6) is 0 Å². The van der Waals surface area contributed by atoms with Crippen LogP contribution in [0, 0.1) is 13.8 Å². The minimum atomic E-state index is 0.0972. The molecule has 0 amide bonds. The molecule has 0 aliphatic rings. The van der Waals surface area contributed by atoms with Gasteiger partial charge in [-0.25, -0.2) is 0 Å². The second-order valence-corrected chi connectivity index (χ2v) is 6.08. The first-order chi connectivity index (χ1) is 9.94. The van der Waals surface area contributed by atoms with Crippen LogP contribution in [0.1, 0.15) is 34.7 Å². The molecule has 114 valence electrons. The molecule has 2 rings (SSSR count). The highest BCUT2D eigenvalue weighted by molar-refractivity contribution is 5.30. The molecule has 0 bridgehead atoms. The van der Waals surface area contributed by atoms with E-state index in [1.165, 1.54) is 22.3 Å². The number of hydrogen-bond donors (Lipinski definition) is 1. The van der Waals surface area contributed by atoms with Gasteiger partial charge in [0, 0.05) is 31.4 Å². The lowest BCUT2D eigenvalue weighted by molar-refractivity contribution is 0.311. The first kappa shape index (κ1) is 15.7. The molecule has 0 aliphatic carbocycles.